The second-order valence-electron chi connectivity index (χ2n) is 6.22. The van der Waals surface area contributed by atoms with Crippen LogP contribution >= 0.6 is 0 Å². The lowest BCUT2D eigenvalue weighted by molar-refractivity contribution is 0.102. The number of hydrogen-bond acceptors (Lipinski definition) is 3. The smallest absolute Gasteiger partial charge is 0.259 e. The van der Waals surface area contributed by atoms with Crippen molar-refractivity contribution in [2.24, 2.45) is 5.92 Å². The van der Waals surface area contributed by atoms with Gasteiger partial charge in [0.15, 0.2) is 0 Å². The summed E-state index contributed by atoms with van der Waals surface area (Å²) in [6.07, 6.45) is 1.10. The minimum absolute atomic E-state index is 0.0224. The van der Waals surface area contributed by atoms with Crippen molar-refractivity contribution in [2.45, 2.75) is 33.2 Å². The van der Waals surface area contributed by atoms with E-state index in [1.807, 2.05) is 24.3 Å². The second kappa shape index (κ2) is 7.68. The van der Waals surface area contributed by atoms with Gasteiger partial charge in [-0.2, -0.15) is 0 Å². The predicted molar refractivity (Wildman–Crippen MR) is 95.0 cm³/mol. The fraction of sp³-hybridized carbons (Fsp3) is 0.316. The van der Waals surface area contributed by atoms with Gasteiger partial charge in [-0.3, -0.25) is 4.79 Å². The van der Waals surface area contributed by atoms with Crippen LogP contribution in [-0.4, -0.2) is 17.1 Å². The molecule has 0 aliphatic rings. The van der Waals surface area contributed by atoms with Gasteiger partial charge in [-0.05, 0) is 55.7 Å². The molecule has 23 heavy (non-hydrogen) atoms. The van der Waals surface area contributed by atoms with E-state index in [-0.39, 0.29) is 17.2 Å². The Kier molecular flexibility index (Phi) is 5.63. The minimum atomic E-state index is -0.322. The van der Waals surface area contributed by atoms with Crippen LogP contribution in [0.4, 0.5) is 11.4 Å². The summed E-state index contributed by atoms with van der Waals surface area (Å²) in [5, 5.41) is 15.9. The van der Waals surface area contributed by atoms with Crippen LogP contribution in [0.25, 0.3) is 0 Å². The van der Waals surface area contributed by atoms with Gasteiger partial charge in [-0.15, -0.1) is 0 Å². The molecule has 0 spiro atoms. The first-order chi connectivity index (χ1) is 11.0. The van der Waals surface area contributed by atoms with Gasteiger partial charge in [0.1, 0.15) is 5.75 Å². The van der Waals surface area contributed by atoms with Gasteiger partial charge in [-0.1, -0.05) is 26.0 Å². The number of carbonyl (C=O) groups excluding carboxylic acids is 1. The molecule has 0 aromatic heterocycles. The highest BCUT2D eigenvalue weighted by Crippen LogP contribution is 2.20. The van der Waals surface area contributed by atoms with Crippen LogP contribution in [0.5, 0.6) is 5.75 Å². The Morgan fingerprint density at radius 1 is 1.00 bits per heavy atom. The molecule has 2 aromatic carbocycles. The monoisotopic (exact) mass is 312 g/mol. The van der Waals surface area contributed by atoms with Crippen molar-refractivity contribution in [3.05, 3.63) is 54.1 Å². The summed E-state index contributed by atoms with van der Waals surface area (Å²) in [6.45, 7) is 6.57. The van der Waals surface area contributed by atoms with E-state index in [0.717, 1.165) is 12.1 Å². The molecule has 1 unspecified atom stereocenters. The van der Waals surface area contributed by atoms with Crippen LogP contribution in [0, 0.1) is 5.92 Å². The first kappa shape index (κ1) is 16.9. The van der Waals surface area contributed by atoms with E-state index < -0.39 is 0 Å². The number of rotatable bonds is 6. The highest BCUT2D eigenvalue weighted by Gasteiger charge is 2.10. The third-order valence-electron chi connectivity index (χ3n) is 3.53. The molecule has 122 valence electrons. The van der Waals surface area contributed by atoms with Crippen molar-refractivity contribution in [1.29, 1.82) is 0 Å². The highest BCUT2D eigenvalue weighted by atomic mass is 16.3. The van der Waals surface area contributed by atoms with E-state index in [2.05, 4.69) is 31.4 Å². The van der Waals surface area contributed by atoms with E-state index >= 15 is 0 Å². The number of carbonyl (C=O) groups is 1. The average molecular weight is 312 g/mol. The molecule has 4 heteroatoms. The van der Waals surface area contributed by atoms with Crippen LogP contribution in [-0.2, 0) is 0 Å². The lowest BCUT2D eigenvalue weighted by atomic mass is 10.1. The van der Waals surface area contributed by atoms with Gasteiger partial charge in [0, 0.05) is 17.4 Å². The lowest BCUT2D eigenvalue weighted by Crippen LogP contribution is -2.17. The molecule has 1 atom stereocenters. The van der Waals surface area contributed by atoms with Gasteiger partial charge in [0.25, 0.3) is 5.91 Å². The number of anilines is 2. The molecular weight excluding hydrogens is 288 g/mol. The van der Waals surface area contributed by atoms with Crippen LogP contribution in [0.2, 0.25) is 0 Å². The number of aromatic hydroxyl groups is 1. The standard InChI is InChI=1S/C19H24N2O2/c1-13(2)12-14(3)20-15-8-10-16(11-9-15)21-19(23)17-6-4-5-7-18(17)22/h4-11,13-14,20,22H,12H2,1-3H3,(H,21,23). The summed E-state index contributed by atoms with van der Waals surface area (Å²) in [5.41, 5.74) is 1.99. The zero-order valence-electron chi connectivity index (χ0n) is 13.8. The predicted octanol–water partition coefficient (Wildman–Crippen LogP) is 4.49. The quantitative estimate of drug-likeness (QED) is 0.736. The molecule has 2 aromatic rings. The van der Waals surface area contributed by atoms with Crippen molar-refractivity contribution in [2.75, 3.05) is 10.6 Å². The molecule has 0 saturated heterocycles. The van der Waals surface area contributed by atoms with Crippen LogP contribution in [0.15, 0.2) is 48.5 Å². The maximum Gasteiger partial charge on any atom is 0.259 e. The van der Waals surface area contributed by atoms with E-state index in [9.17, 15) is 9.90 Å². The number of phenols is 1. The van der Waals surface area contributed by atoms with Crippen LogP contribution in [0.1, 0.15) is 37.6 Å². The van der Waals surface area contributed by atoms with Gasteiger partial charge >= 0.3 is 0 Å². The van der Waals surface area contributed by atoms with E-state index in [1.165, 1.54) is 6.07 Å². The Balaban J connectivity index is 1.97. The second-order valence-corrected chi connectivity index (χ2v) is 6.22. The number of benzene rings is 2. The van der Waals surface area contributed by atoms with Crippen LogP contribution in [0.3, 0.4) is 0 Å². The number of amides is 1. The maximum atomic E-state index is 12.1. The van der Waals surface area contributed by atoms with E-state index in [1.54, 1.807) is 18.2 Å². The molecule has 4 nitrogen and oxygen atoms in total. The Morgan fingerprint density at radius 3 is 2.22 bits per heavy atom. The van der Waals surface area contributed by atoms with Crippen molar-refractivity contribution in [3.8, 4) is 5.75 Å². The summed E-state index contributed by atoms with van der Waals surface area (Å²) in [4.78, 5) is 12.1. The summed E-state index contributed by atoms with van der Waals surface area (Å²) in [7, 11) is 0. The lowest BCUT2D eigenvalue weighted by Gasteiger charge is -2.17. The topological polar surface area (TPSA) is 61.4 Å². The minimum Gasteiger partial charge on any atom is -0.507 e. The average Bonchev–Trinajstić information content (AvgIpc) is 2.48. The Labute approximate surface area is 137 Å². The Hall–Kier alpha value is -2.49. The fourth-order valence-electron chi connectivity index (χ4n) is 2.56. The number of para-hydroxylation sites is 1. The summed E-state index contributed by atoms with van der Waals surface area (Å²) >= 11 is 0. The largest absolute Gasteiger partial charge is 0.507 e. The fourth-order valence-corrected chi connectivity index (χ4v) is 2.56. The third kappa shape index (κ3) is 5.02. The molecule has 0 aliphatic carbocycles. The van der Waals surface area contributed by atoms with Crippen molar-refractivity contribution in [3.63, 3.8) is 0 Å². The maximum absolute atomic E-state index is 12.1. The number of hydrogen-bond donors (Lipinski definition) is 3. The van der Waals surface area contributed by atoms with Crippen molar-refractivity contribution < 1.29 is 9.90 Å². The summed E-state index contributed by atoms with van der Waals surface area (Å²) in [6, 6.07) is 14.5. The molecular formula is C19H24N2O2. The molecule has 0 heterocycles. The van der Waals surface area contributed by atoms with Gasteiger partial charge in [0.05, 0.1) is 5.56 Å². The molecule has 2 rings (SSSR count). The zero-order chi connectivity index (χ0) is 16.8. The molecule has 3 N–H and O–H groups in total. The van der Waals surface area contributed by atoms with E-state index in [0.29, 0.717) is 17.6 Å². The SMILES string of the molecule is CC(C)CC(C)Nc1ccc(NC(=O)c2ccccc2O)cc1. The molecule has 1 amide bonds. The molecule has 0 bridgehead atoms. The first-order valence-corrected chi connectivity index (χ1v) is 7.91. The number of nitrogens with one attached hydrogen (secondary N) is 2. The summed E-state index contributed by atoms with van der Waals surface area (Å²) < 4.78 is 0. The zero-order valence-corrected chi connectivity index (χ0v) is 13.8. The molecule has 0 aliphatic heterocycles. The van der Waals surface area contributed by atoms with E-state index in [4.69, 9.17) is 0 Å². The molecule has 0 radical (unpaired) electrons. The van der Waals surface area contributed by atoms with Gasteiger partial charge in [0.2, 0.25) is 0 Å². The van der Waals surface area contributed by atoms with Crippen molar-refractivity contribution in [1.82, 2.24) is 0 Å². The molecule has 0 saturated carbocycles. The van der Waals surface area contributed by atoms with Gasteiger partial charge < -0.3 is 15.7 Å². The highest BCUT2D eigenvalue weighted by molar-refractivity contribution is 6.06. The van der Waals surface area contributed by atoms with Crippen molar-refractivity contribution >= 4 is 17.3 Å². The normalized spacial score (nSPS) is 12.0. The first-order valence-electron chi connectivity index (χ1n) is 7.91. The third-order valence-corrected chi connectivity index (χ3v) is 3.53. The summed E-state index contributed by atoms with van der Waals surface area (Å²) in [5.74, 6) is 0.303. The number of phenolic OH excluding ortho intramolecular Hbond substituents is 1. The molecule has 0 fully saturated rings. The Bertz CT molecular complexity index is 651. The van der Waals surface area contributed by atoms with Gasteiger partial charge in [-0.25, -0.2) is 0 Å². The Morgan fingerprint density at radius 2 is 1.61 bits per heavy atom. The van der Waals surface area contributed by atoms with Crippen LogP contribution < -0.4 is 10.6 Å².